The van der Waals surface area contributed by atoms with Crippen molar-refractivity contribution in [1.82, 2.24) is 14.9 Å². The van der Waals surface area contributed by atoms with Gasteiger partial charge < -0.3 is 24.1 Å². The van der Waals surface area contributed by atoms with Crippen molar-refractivity contribution in [3.8, 4) is 17.2 Å². The van der Waals surface area contributed by atoms with Crippen LogP contribution in [0.2, 0.25) is 0 Å². The standard InChI is InChI=1S/C21H20F3N3O4/c1-2-29-16-6-4-3-5-13(16)11-25-19(28)12-27-15-10-18-17(30-7-8-31-18)9-14(15)26-20(27)21(22,23)24/h3-6,9-10H,2,7-8,11-12H2,1H3,(H,25,28). The van der Waals surface area contributed by atoms with Crippen molar-refractivity contribution in [3.05, 3.63) is 47.8 Å². The average molecular weight is 435 g/mol. The zero-order valence-electron chi connectivity index (χ0n) is 16.7. The highest BCUT2D eigenvalue weighted by Gasteiger charge is 2.38. The van der Waals surface area contributed by atoms with E-state index in [4.69, 9.17) is 14.2 Å². The topological polar surface area (TPSA) is 74.6 Å². The summed E-state index contributed by atoms with van der Waals surface area (Å²) in [7, 11) is 0. The number of fused-ring (bicyclic) bond motifs is 2. The molecule has 1 aliphatic heterocycles. The van der Waals surface area contributed by atoms with Gasteiger partial charge >= 0.3 is 6.18 Å². The summed E-state index contributed by atoms with van der Waals surface area (Å²) < 4.78 is 58.1. The largest absolute Gasteiger partial charge is 0.494 e. The molecule has 2 heterocycles. The van der Waals surface area contributed by atoms with Gasteiger partial charge in [0.15, 0.2) is 11.5 Å². The van der Waals surface area contributed by atoms with E-state index in [0.29, 0.717) is 37.1 Å². The van der Waals surface area contributed by atoms with Crippen LogP contribution in [0.25, 0.3) is 11.0 Å². The fourth-order valence-electron chi connectivity index (χ4n) is 3.38. The molecule has 7 nitrogen and oxygen atoms in total. The lowest BCUT2D eigenvalue weighted by Crippen LogP contribution is -2.29. The van der Waals surface area contributed by atoms with Crippen LogP contribution in [0.15, 0.2) is 36.4 Å². The van der Waals surface area contributed by atoms with E-state index in [1.165, 1.54) is 12.1 Å². The van der Waals surface area contributed by atoms with Gasteiger partial charge in [0.05, 0.1) is 17.6 Å². The summed E-state index contributed by atoms with van der Waals surface area (Å²) in [6, 6.07) is 9.95. The molecule has 0 saturated carbocycles. The van der Waals surface area contributed by atoms with Crippen LogP contribution >= 0.6 is 0 Å². The van der Waals surface area contributed by atoms with Gasteiger partial charge in [-0.3, -0.25) is 4.79 Å². The lowest BCUT2D eigenvalue weighted by molar-refractivity contribution is -0.147. The molecule has 0 atom stereocenters. The van der Waals surface area contributed by atoms with Crippen molar-refractivity contribution in [2.75, 3.05) is 19.8 Å². The second kappa shape index (κ2) is 8.37. The monoisotopic (exact) mass is 435 g/mol. The Bertz CT molecular complexity index is 1110. The molecule has 1 aliphatic rings. The van der Waals surface area contributed by atoms with Gasteiger partial charge in [-0.2, -0.15) is 13.2 Å². The van der Waals surface area contributed by atoms with Crippen LogP contribution in [0.4, 0.5) is 13.2 Å². The van der Waals surface area contributed by atoms with Gasteiger partial charge in [-0.1, -0.05) is 18.2 Å². The molecule has 10 heteroatoms. The second-order valence-electron chi connectivity index (χ2n) is 6.82. The van der Waals surface area contributed by atoms with Crippen LogP contribution in [-0.2, 0) is 24.1 Å². The van der Waals surface area contributed by atoms with E-state index in [2.05, 4.69) is 10.3 Å². The summed E-state index contributed by atoms with van der Waals surface area (Å²) >= 11 is 0. The molecule has 2 aromatic carbocycles. The first-order chi connectivity index (χ1) is 14.9. The Balaban J connectivity index is 1.60. The number of imidazole rings is 1. The Morgan fingerprint density at radius 2 is 1.90 bits per heavy atom. The van der Waals surface area contributed by atoms with E-state index < -0.39 is 24.5 Å². The lowest BCUT2D eigenvalue weighted by Gasteiger charge is -2.18. The minimum absolute atomic E-state index is 0.0751. The normalized spacial score (nSPS) is 13.3. The highest BCUT2D eigenvalue weighted by molar-refractivity contribution is 5.84. The number of para-hydroxylation sites is 1. The van der Waals surface area contributed by atoms with Crippen LogP contribution in [0.3, 0.4) is 0 Å². The Morgan fingerprint density at radius 1 is 1.19 bits per heavy atom. The molecule has 3 aromatic rings. The van der Waals surface area contributed by atoms with E-state index in [-0.39, 0.29) is 17.6 Å². The van der Waals surface area contributed by atoms with Gasteiger partial charge in [0.25, 0.3) is 0 Å². The minimum Gasteiger partial charge on any atom is -0.494 e. The third-order valence-electron chi connectivity index (χ3n) is 4.72. The number of carbonyl (C=O) groups excluding carboxylic acids is 1. The summed E-state index contributed by atoms with van der Waals surface area (Å²) in [5.74, 6) is -0.493. The van der Waals surface area contributed by atoms with E-state index in [0.717, 1.165) is 10.1 Å². The maximum Gasteiger partial charge on any atom is 0.449 e. The Morgan fingerprint density at radius 3 is 2.61 bits per heavy atom. The molecule has 4 rings (SSSR count). The number of hydrogen-bond donors (Lipinski definition) is 1. The molecular formula is C21H20F3N3O4. The fourth-order valence-corrected chi connectivity index (χ4v) is 3.38. The number of amides is 1. The number of benzene rings is 2. The van der Waals surface area contributed by atoms with Crippen molar-refractivity contribution >= 4 is 16.9 Å². The zero-order valence-corrected chi connectivity index (χ0v) is 16.7. The lowest BCUT2D eigenvalue weighted by atomic mass is 10.2. The summed E-state index contributed by atoms with van der Waals surface area (Å²) in [5, 5.41) is 2.65. The smallest absolute Gasteiger partial charge is 0.449 e. The quantitative estimate of drug-likeness (QED) is 0.641. The summed E-state index contributed by atoms with van der Waals surface area (Å²) in [5.41, 5.74) is 0.941. The van der Waals surface area contributed by atoms with Crippen LogP contribution in [0.5, 0.6) is 17.2 Å². The molecule has 0 radical (unpaired) electrons. The Kier molecular flexibility index (Phi) is 5.62. The highest BCUT2D eigenvalue weighted by Crippen LogP contribution is 2.38. The van der Waals surface area contributed by atoms with Crippen molar-refractivity contribution in [1.29, 1.82) is 0 Å². The number of aromatic nitrogens is 2. The maximum absolute atomic E-state index is 13.6. The molecule has 0 unspecified atom stereocenters. The number of alkyl halides is 3. The molecule has 0 bridgehead atoms. The third kappa shape index (κ3) is 4.37. The van der Waals surface area contributed by atoms with Crippen LogP contribution < -0.4 is 19.5 Å². The minimum atomic E-state index is -4.73. The van der Waals surface area contributed by atoms with Gasteiger partial charge in [0, 0.05) is 24.2 Å². The fraction of sp³-hybridized carbons (Fsp3) is 0.333. The van der Waals surface area contributed by atoms with Gasteiger partial charge in [0.2, 0.25) is 11.7 Å². The molecule has 31 heavy (non-hydrogen) atoms. The first-order valence-electron chi connectivity index (χ1n) is 9.71. The maximum atomic E-state index is 13.6. The molecule has 164 valence electrons. The van der Waals surface area contributed by atoms with Crippen LogP contribution in [0.1, 0.15) is 18.3 Å². The van der Waals surface area contributed by atoms with Crippen molar-refractivity contribution in [2.45, 2.75) is 26.2 Å². The number of hydrogen-bond acceptors (Lipinski definition) is 5. The van der Waals surface area contributed by atoms with Gasteiger partial charge in [0.1, 0.15) is 25.5 Å². The molecule has 1 N–H and O–H groups in total. The number of carbonyl (C=O) groups is 1. The number of rotatable bonds is 6. The van der Waals surface area contributed by atoms with Crippen molar-refractivity contribution in [2.24, 2.45) is 0 Å². The number of halogens is 3. The number of ether oxygens (including phenoxy) is 3. The molecule has 1 aromatic heterocycles. The van der Waals surface area contributed by atoms with Crippen LogP contribution in [-0.4, -0.2) is 35.3 Å². The molecule has 0 saturated heterocycles. The van der Waals surface area contributed by atoms with Crippen molar-refractivity contribution in [3.63, 3.8) is 0 Å². The third-order valence-corrected chi connectivity index (χ3v) is 4.72. The molecule has 0 spiro atoms. The predicted octanol–water partition coefficient (Wildman–Crippen LogP) is 3.54. The van der Waals surface area contributed by atoms with Crippen LogP contribution in [0, 0.1) is 0 Å². The van der Waals surface area contributed by atoms with E-state index in [1.807, 2.05) is 6.92 Å². The summed E-state index contributed by atoms with van der Waals surface area (Å²) in [6.07, 6.45) is -4.73. The van der Waals surface area contributed by atoms with Gasteiger partial charge in [-0.05, 0) is 13.0 Å². The van der Waals surface area contributed by atoms with E-state index in [9.17, 15) is 18.0 Å². The Labute approximate surface area is 175 Å². The zero-order chi connectivity index (χ0) is 22.0. The van der Waals surface area contributed by atoms with Gasteiger partial charge in [-0.25, -0.2) is 4.98 Å². The molecule has 0 aliphatic carbocycles. The van der Waals surface area contributed by atoms with Crippen molar-refractivity contribution < 1.29 is 32.2 Å². The molecular weight excluding hydrogens is 415 g/mol. The van der Waals surface area contributed by atoms with Gasteiger partial charge in [-0.15, -0.1) is 0 Å². The molecule has 0 fully saturated rings. The SMILES string of the molecule is CCOc1ccccc1CNC(=O)Cn1c(C(F)(F)F)nc2cc3c(cc21)OCCO3. The number of nitrogens with one attached hydrogen (secondary N) is 1. The number of nitrogens with zero attached hydrogens (tertiary/aromatic N) is 2. The summed E-state index contributed by atoms with van der Waals surface area (Å²) in [4.78, 5) is 16.2. The van der Waals surface area contributed by atoms with E-state index >= 15 is 0 Å². The Hall–Kier alpha value is -3.43. The van der Waals surface area contributed by atoms with E-state index in [1.54, 1.807) is 24.3 Å². The summed E-state index contributed by atoms with van der Waals surface area (Å²) in [6.45, 7) is 2.45. The first kappa shape index (κ1) is 20.8. The predicted molar refractivity (Wildman–Crippen MR) is 105 cm³/mol. The average Bonchev–Trinajstić information content (AvgIpc) is 3.09. The second-order valence-corrected chi connectivity index (χ2v) is 6.82. The first-order valence-corrected chi connectivity index (χ1v) is 9.71. The molecule has 1 amide bonds. The highest BCUT2D eigenvalue weighted by atomic mass is 19.4.